The molecule has 3 fully saturated rings. The highest BCUT2D eigenvalue weighted by Crippen LogP contribution is 2.74. The molecule has 39 heavy (non-hydrogen) atoms. The lowest BCUT2D eigenvalue weighted by Crippen LogP contribution is -2.65. The number of methoxy groups -OCH3 is 2. The van der Waals surface area contributed by atoms with Crippen molar-refractivity contribution < 1.29 is 28.7 Å². The van der Waals surface area contributed by atoms with Gasteiger partial charge in [-0.05, 0) is 79.1 Å². The fraction of sp³-hybridized carbons (Fsp3) is 0.719. The molecule has 0 radical (unpaired) electrons. The van der Waals surface area contributed by atoms with Crippen LogP contribution in [0.25, 0.3) is 0 Å². The maximum atomic E-state index is 14.4. The van der Waals surface area contributed by atoms with Gasteiger partial charge in [0.15, 0.2) is 11.6 Å². The second-order valence-corrected chi connectivity index (χ2v) is 14.3. The van der Waals surface area contributed by atoms with Gasteiger partial charge in [-0.15, -0.1) is 0 Å². The lowest BCUT2D eigenvalue weighted by atomic mass is 9.35. The number of fused-ring (bicyclic) bond motifs is 7. The van der Waals surface area contributed by atoms with Gasteiger partial charge in [-0.3, -0.25) is 19.2 Å². The summed E-state index contributed by atoms with van der Waals surface area (Å²) in [5, 5.41) is 9.85. The third kappa shape index (κ3) is 3.45. The smallest absolute Gasteiger partial charge is 0.316 e. The number of nitriles is 1. The number of ketones is 2. The van der Waals surface area contributed by atoms with Gasteiger partial charge >= 0.3 is 11.9 Å². The van der Waals surface area contributed by atoms with Crippen LogP contribution in [-0.4, -0.2) is 37.7 Å². The molecule has 0 N–H and O–H groups in total. The Morgan fingerprint density at radius 3 is 2.23 bits per heavy atom. The van der Waals surface area contributed by atoms with E-state index < -0.39 is 45.2 Å². The average molecular weight is 536 g/mol. The fourth-order valence-electron chi connectivity index (χ4n) is 9.88. The van der Waals surface area contributed by atoms with Gasteiger partial charge in [0.05, 0.1) is 25.2 Å². The first-order valence-corrected chi connectivity index (χ1v) is 14.3. The molecule has 0 spiro atoms. The van der Waals surface area contributed by atoms with Crippen molar-refractivity contribution in [3.05, 3.63) is 23.3 Å². The molecule has 0 aromatic heterocycles. The number of carbonyl (C=O) groups is 4. The predicted octanol–water partition coefficient (Wildman–Crippen LogP) is 5.14. The van der Waals surface area contributed by atoms with Crippen molar-refractivity contribution in [2.24, 2.45) is 50.7 Å². The monoisotopic (exact) mass is 535 g/mol. The van der Waals surface area contributed by atoms with Crippen LogP contribution in [0.15, 0.2) is 23.3 Å². The number of Topliss-reactive ketones (excluding diaryl/α,β-unsaturated/α-hetero) is 1. The Bertz CT molecular complexity index is 1270. The van der Waals surface area contributed by atoms with Gasteiger partial charge in [-0.25, -0.2) is 0 Å². The van der Waals surface area contributed by atoms with Crippen molar-refractivity contribution in [3.63, 3.8) is 0 Å². The molecule has 0 aromatic carbocycles. The van der Waals surface area contributed by atoms with Crippen LogP contribution >= 0.6 is 0 Å². The minimum atomic E-state index is -1.07. The van der Waals surface area contributed by atoms with Gasteiger partial charge in [-0.2, -0.15) is 5.26 Å². The van der Waals surface area contributed by atoms with E-state index in [0.717, 1.165) is 24.8 Å². The number of rotatable bonds is 2. The second kappa shape index (κ2) is 8.62. The summed E-state index contributed by atoms with van der Waals surface area (Å²) in [5.41, 5.74) is -1.46. The molecule has 3 unspecified atom stereocenters. The lowest BCUT2D eigenvalue weighted by molar-refractivity contribution is -0.190. The first-order valence-electron chi connectivity index (χ1n) is 14.3. The van der Waals surface area contributed by atoms with Crippen molar-refractivity contribution in [3.8, 4) is 6.07 Å². The van der Waals surface area contributed by atoms with Crippen molar-refractivity contribution in [1.82, 2.24) is 0 Å². The summed E-state index contributed by atoms with van der Waals surface area (Å²) in [5.74, 6) is -3.22. The van der Waals surface area contributed by atoms with Gasteiger partial charge in [0, 0.05) is 11.3 Å². The molecule has 0 saturated heterocycles. The molecule has 210 valence electrons. The largest absolute Gasteiger partial charge is 0.469 e. The molecular weight excluding hydrogens is 494 g/mol. The Kier molecular flexibility index (Phi) is 6.15. The van der Waals surface area contributed by atoms with Crippen LogP contribution in [-0.2, 0) is 28.7 Å². The van der Waals surface area contributed by atoms with Gasteiger partial charge < -0.3 is 9.47 Å². The molecule has 5 aliphatic carbocycles. The van der Waals surface area contributed by atoms with Crippen molar-refractivity contribution in [2.45, 2.75) is 79.6 Å². The molecule has 0 amide bonds. The van der Waals surface area contributed by atoms with Crippen LogP contribution in [0.2, 0.25) is 0 Å². The summed E-state index contributed by atoms with van der Waals surface area (Å²) >= 11 is 0. The van der Waals surface area contributed by atoms with E-state index in [1.54, 1.807) is 12.2 Å². The molecule has 0 aliphatic heterocycles. The van der Waals surface area contributed by atoms with Gasteiger partial charge in [-0.1, -0.05) is 46.3 Å². The Labute approximate surface area is 231 Å². The summed E-state index contributed by atoms with van der Waals surface area (Å²) < 4.78 is 10.4. The molecule has 5 rings (SSSR count). The Morgan fingerprint density at radius 2 is 1.62 bits per heavy atom. The highest BCUT2D eigenvalue weighted by Gasteiger charge is 2.70. The van der Waals surface area contributed by atoms with E-state index in [1.807, 2.05) is 13.0 Å². The maximum Gasteiger partial charge on any atom is 0.316 e. The van der Waals surface area contributed by atoms with Crippen LogP contribution < -0.4 is 0 Å². The van der Waals surface area contributed by atoms with Crippen molar-refractivity contribution in [1.29, 1.82) is 5.26 Å². The third-order valence-corrected chi connectivity index (χ3v) is 12.2. The first-order chi connectivity index (χ1) is 18.2. The fourth-order valence-corrected chi connectivity index (χ4v) is 9.88. The number of hydrogen-bond acceptors (Lipinski definition) is 7. The van der Waals surface area contributed by atoms with Crippen LogP contribution in [0.5, 0.6) is 0 Å². The van der Waals surface area contributed by atoms with Crippen LogP contribution in [0.3, 0.4) is 0 Å². The van der Waals surface area contributed by atoms with E-state index in [9.17, 15) is 24.4 Å². The zero-order chi connectivity index (χ0) is 28.8. The summed E-state index contributed by atoms with van der Waals surface area (Å²) in [7, 11) is 2.72. The molecule has 3 saturated carbocycles. The minimum Gasteiger partial charge on any atom is -0.469 e. The molecule has 8 atom stereocenters. The van der Waals surface area contributed by atoms with Crippen LogP contribution in [0.4, 0.5) is 0 Å². The summed E-state index contributed by atoms with van der Waals surface area (Å²) in [6.45, 7) is 10.9. The molecule has 7 nitrogen and oxygen atoms in total. The summed E-state index contributed by atoms with van der Waals surface area (Å²) in [6.07, 6.45) is 8.58. The Balaban J connectivity index is 1.69. The zero-order valence-corrected chi connectivity index (χ0v) is 24.3. The number of esters is 2. The second-order valence-electron chi connectivity index (χ2n) is 14.3. The predicted molar refractivity (Wildman–Crippen MR) is 143 cm³/mol. The molecule has 7 heteroatoms. The maximum absolute atomic E-state index is 14.4. The molecule has 0 heterocycles. The van der Waals surface area contributed by atoms with E-state index in [0.29, 0.717) is 25.7 Å². The van der Waals surface area contributed by atoms with Gasteiger partial charge in [0.2, 0.25) is 0 Å². The summed E-state index contributed by atoms with van der Waals surface area (Å²) in [4.78, 5) is 53.8. The molecule has 5 aliphatic rings. The number of allylic oxidation sites excluding steroid dienone is 4. The van der Waals surface area contributed by atoms with Gasteiger partial charge in [0.25, 0.3) is 0 Å². The van der Waals surface area contributed by atoms with Crippen molar-refractivity contribution in [2.75, 3.05) is 14.2 Å². The standard InChI is InChI=1S/C32H41NO6/c1-28(2)10-12-32(27(37)39-7)13-11-31(5)24(20(32)16-28)21(34)14-22-29(3)15-18(17-33)25(35)23(26(36)38-6)19(29)8-9-30(22,31)4/h14-15,19-20,23-24H,8-13,16H2,1-7H3/t19?,20?,23-,24?,29+,30-,31-,32+/m1/s1. The van der Waals surface area contributed by atoms with E-state index in [2.05, 4.69) is 27.7 Å². The highest BCUT2D eigenvalue weighted by atomic mass is 16.5. The minimum absolute atomic E-state index is 0.0111. The normalized spacial score (nSPS) is 44.3. The van der Waals surface area contributed by atoms with E-state index in [1.165, 1.54) is 14.2 Å². The molecule has 0 aromatic rings. The first kappa shape index (κ1) is 27.8. The quantitative estimate of drug-likeness (QED) is 0.355. The molecular formula is C32H41NO6. The number of hydrogen-bond donors (Lipinski definition) is 0. The number of nitrogens with zero attached hydrogens (tertiary/aromatic N) is 1. The topological polar surface area (TPSA) is 111 Å². The van der Waals surface area contributed by atoms with Crippen LogP contribution in [0.1, 0.15) is 79.6 Å². The number of carbonyl (C=O) groups excluding carboxylic acids is 4. The van der Waals surface area contributed by atoms with E-state index >= 15 is 0 Å². The highest BCUT2D eigenvalue weighted by molar-refractivity contribution is 6.12. The van der Waals surface area contributed by atoms with E-state index in [4.69, 9.17) is 9.47 Å². The summed E-state index contributed by atoms with van der Waals surface area (Å²) in [6, 6.07) is 2.02. The zero-order valence-electron chi connectivity index (χ0n) is 24.3. The van der Waals surface area contributed by atoms with E-state index in [-0.39, 0.29) is 34.6 Å². The average Bonchev–Trinajstić information content (AvgIpc) is 2.89. The van der Waals surface area contributed by atoms with Crippen LogP contribution in [0, 0.1) is 62.1 Å². The number of ether oxygens (including phenoxy) is 2. The Hall–Kier alpha value is -2.75. The van der Waals surface area contributed by atoms with Gasteiger partial charge in [0.1, 0.15) is 12.0 Å². The third-order valence-electron chi connectivity index (χ3n) is 12.2. The van der Waals surface area contributed by atoms with Crippen molar-refractivity contribution >= 4 is 23.5 Å². The lowest BCUT2D eigenvalue weighted by Gasteiger charge is -2.68. The molecule has 0 bridgehead atoms. The SMILES string of the molecule is COC(=O)[C@H]1C(=O)C(C#N)=C[C@]2(C)C3=CC(=O)C4C5CC(C)(C)CC[C@]5(C(=O)OC)CC[C@@]4(C)[C@]3(C)CCC12. The Morgan fingerprint density at radius 1 is 0.949 bits per heavy atom.